The molecule has 364 valence electrons. The number of benzene rings is 4. The van der Waals surface area contributed by atoms with Crippen LogP contribution in [0.4, 0.5) is 0 Å². The molecule has 15 heteroatoms. The van der Waals surface area contributed by atoms with E-state index in [-0.39, 0.29) is 54.5 Å². The molecule has 0 spiro atoms. The molecule has 2 aromatic heterocycles. The molecule has 4 aromatic carbocycles. The van der Waals surface area contributed by atoms with Crippen molar-refractivity contribution in [3.05, 3.63) is 124 Å². The van der Waals surface area contributed by atoms with Crippen molar-refractivity contribution in [1.82, 2.24) is 35.5 Å². The van der Waals surface area contributed by atoms with Gasteiger partial charge in [-0.05, 0) is 107 Å². The molecule has 2 heterocycles. The molecule has 3 N–H and O–H groups in total. The summed E-state index contributed by atoms with van der Waals surface area (Å²) < 4.78 is 12.7. The first-order chi connectivity index (χ1) is 33.5. The number of carbonyl (C=O) groups is 4. The zero-order valence-electron chi connectivity index (χ0n) is 40.1. The molecule has 1 amide bonds. The van der Waals surface area contributed by atoms with E-state index >= 15 is 0 Å². The van der Waals surface area contributed by atoms with Crippen LogP contribution in [0.5, 0.6) is 5.75 Å². The summed E-state index contributed by atoms with van der Waals surface area (Å²) in [5, 5.41) is 27.3. The quantitative estimate of drug-likeness (QED) is 0.0253. The molecule has 0 bridgehead atoms. The number of nitrogens with one attached hydrogen (secondary N) is 2. The van der Waals surface area contributed by atoms with Crippen LogP contribution in [0, 0.1) is 5.92 Å². The number of esters is 2. The van der Waals surface area contributed by atoms with Crippen molar-refractivity contribution < 1.29 is 33.8 Å². The van der Waals surface area contributed by atoms with Crippen LogP contribution in [0.1, 0.15) is 131 Å². The topological polar surface area (TPSA) is 191 Å². The van der Waals surface area contributed by atoms with E-state index < -0.39 is 23.9 Å². The fourth-order valence-corrected chi connectivity index (χ4v) is 8.76. The average Bonchev–Trinajstić information content (AvgIpc) is 4.00. The van der Waals surface area contributed by atoms with Gasteiger partial charge in [-0.3, -0.25) is 14.4 Å². The number of nitrogens with zero attached hydrogens (tertiary/aromatic N) is 5. The molecular weight excluding hydrogens is 894 g/mol. The third-order valence-electron chi connectivity index (χ3n) is 12.2. The number of aromatic amines is 1. The van der Waals surface area contributed by atoms with E-state index in [0.717, 1.165) is 52.6 Å². The molecule has 2 atom stereocenters. The molecule has 0 aliphatic rings. The second-order valence-corrected chi connectivity index (χ2v) is 17.9. The fraction of sp³-hybridized carbons (Fsp3) is 0.407. The Labute approximate surface area is 409 Å². The molecule has 0 saturated carbocycles. The first-order valence-corrected chi connectivity index (χ1v) is 24.6. The van der Waals surface area contributed by atoms with E-state index in [1.54, 1.807) is 36.6 Å². The summed E-state index contributed by atoms with van der Waals surface area (Å²) in [6.45, 7) is 8.38. The van der Waals surface area contributed by atoms with E-state index in [9.17, 15) is 24.3 Å². The minimum atomic E-state index is -1.14. The van der Waals surface area contributed by atoms with Crippen LogP contribution < -0.4 is 10.1 Å². The third kappa shape index (κ3) is 15.2. The maximum Gasteiger partial charge on any atom is 0.355 e. The number of H-pyrrole nitrogens is 1. The zero-order valence-corrected chi connectivity index (χ0v) is 40.9. The van der Waals surface area contributed by atoms with E-state index in [2.05, 4.69) is 93.3 Å². The number of aromatic nitrogens is 6. The smallest absolute Gasteiger partial charge is 0.355 e. The van der Waals surface area contributed by atoms with E-state index in [0.29, 0.717) is 36.5 Å². The number of halogens is 1. The lowest BCUT2D eigenvalue weighted by atomic mass is 9.94. The number of aromatic carboxylic acids is 1. The van der Waals surface area contributed by atoms with Gasteiger partial charge in [0.25, 0.3) is 0 Å². The number of imidazole rings is 1. The Morgan fingerprint density at radius 3 is 2.20 bits per heavy atom. The molecule has 0 fully saturated rings. The van der Waals surface area contributed by atoms with Crippen LogP contribution in [0.3, 0.4) is 0 Å². The molecule has 14 nitrogen and oxygen atoms in total. The Kier molecular flexibility index (Phi) is 19.6. The standard InChI is InChI=1S/C54H64ClN7O7/c1-5-8-10-11-12-13-15-37-16-14-17-42(32-37)40-23-19-38(20-24-40)33-43(31-36(4)54(67)68-7-3)56-48(63)29-30-49(64)69-44-27-28-45(46(34-44)52-58-60-61-59-52)41-25-21-39(22-26-41)35-62-47(18-9-6-2)57-51(55)50(62)53(65)66/h14,16-17,19-28,32,34,36,43H,5-13,15,18,29-31,33,35H2,1-4H3,(H,56,63)(H,65,66)(H,58,59,60,61)/t36-,43+/m0/s1. The number of unbranched alkanes of at least 4 members (excludes halogenated alkanes) is 6. The van der Waals surface area contributed by atoms with Gasteiger partial charge in [0.2, 0.25) is 5.91 Å². The zero-order chi connectivity index (χ0) is 49.1. The Bertz CT molecular complexity index is 2610. The van der Waals surface area contributed by atoms with Crippen molar-refractivity contribution in [2.45, 2.75) is 130 Å². The molecule has 0 aliphatic heterocycles. The maximum atomic E-state index is 13.4. The number of hydrogen-bond donors (Lipinski definition) is 3. The van der Waals surface area contributed by atoms with Crippen molar-refractivity contribution in [2.75, 3.05) is 6.61 Å². The first kappa shape index (κ1) is 51.7. The highest BCUT2D eigenvalue weighted by Gasteiger charge is 2.24. The monoisotopic (exact) mass is 957 g/mol. The molecule has 0 unspecified atom stereocenters. The summed E-state index contributed by atoms with van der Waals surface area (Å²) in [4.78, 5) is 55.8. The van der Waals surface area contributed by atoms with Gasteiger partial charge < -0.3 is 24.5 Å². The van der Waals surface area contributed by atoms with Gasteiger partial charge in [0.05, 0.1) is 18.9 Å². The minimum absolute atomic E-state index is 0.0332. The number of hydrogen-bond acceptors (Lipinski definition) is 10. The summed E-state index contributed by atoms with van der Waals surface area (Å²) in [5.41, 5.74) is 7.52. The van der Waals surface area contributed by atoms with Crippen molar-refractivity contribution in [3.8, 4) is 39.4 Å². The molecule has 0 saturated heterocycles. The highest BCUT2D eigenvalue weighted by Crippen LogP contribution is 2.34. The number of aryl methyl sites for hydroxylation is 2. The van der Waals surface area contributed by atoms with Gasteiger partial charge in [-0.1, -0.05) is 144 Å². The summed E-state index contributed by atoms with van der Waals surface area (Å²) in [7, 11) is 0. The van der Waals surface area contributed by atoms with Crippen LogP contribution in [-0.4, -0.2) is 71.7 Å². The predicted octanol–water partition coefficient (Wildman–Crippen LogP) is 11.0. The van der Waals surface area contributed by atoms with Crippen LogP contribution in [0.2, 0.25) is 5.15 Å². The van der Waals surface area contributed by atoms with Crippen molar-refractivity contribution in [3.63, 3.8) is 0 Å². The van der Waals surface area contributed by atoms with Gasteiger partial charge in [-0.15, -0.1) is 5.10 Å². The normalized spacial score (nSPS) is 12.1. The van der Waals surface area contributed by atoms with Crippen LogP contribution in [0.15, 0.2) is 91.0 Å². The number of carbonyl (C=O) groups excluding carboxylic acids is 3. The van der Waals surface area contributed by atoms with Crippen molar-refractivity contribution in [2.24, 2.45) is 5.92 Å². The third-order valence-corrected chi connectivity index (χ3v) is 12.4. The first-order valence-electron chi connectivity index (χ1n) is 24.3. The molecule has 0 aliphatic carbocycles. The molecular formula is C54H64ClN7O7. The number of carboxylic acids is 1. The molecule has 0 radical (unpaired) electrons. The van der Waals surface area contributed by atoms with E-state index in [4.69, 9.17) is 21.1 Å². The van der Waals surface area contributed by atoms with Crippen molar-refractivity contribution in [1.29, 1.82) is 0 Å². The number of amides is 1. The Hall–Kier alpha value is -6.67. The van der Waals surface area contributed by atoms with Gasteiger partial charge in [0.1, 0.15) is 11.6 Å². The molecule has 6 aromatic rings. The van der Waals surface area contributed by atoms with Gasteiger partial charge in [0.15, 0.2) is 16.7 Å². The summed E-state index contributed by atoms with van der Waals surface area (Å²) in [5.74, 6) is -1.68. The van der Waals surface area contributed by atoms with Crippen LogP contribution >= 0.6 is 11.6 Å². The van der Waals surface area contributed by atoms with Gasteiger partial charge >= 0.3 is 17.9 Å². The molecule has 6 rings (SSSR count). The Morgan fingerprint density at radius 2 is 1.49 bits per heavy atom. The van der Waals surface area contributed by atoms with Crippen LogP contribution in [0.25, 0.3) is 33.6 Å². The Balaban J connectivity index is 1.08. The number of rotatable bonds is 27. The summed E-state index contributed by atoms with van der Waals surface area (Å²) in [6.07, 6.45) is 11.6. The lowest BCUT2D eigenvalue weighted by molar-refractivity contribution is -0.148. The summed E-state index contributed by atoms with van der Waals surface area (Å²) >= 11 is 6.26. The molecule has 69 heavy (non-hydrogen) atoms. The second kappa shape index (κ2) is 26.2. The predicted molar refractivity (Wildman–Crippen MR) is 267 cm³/mol. The maximum absolute atomic E-state index is 13.4. The van der Waals surface area contributed by atoms with Gasteiger partial charge in [-0.2, -0.15) is 0 Å². The number of tetrazole rings is 1. The van der Waals surface area contributed by atoms with Crippen molar-refractivity contribution >= 4 is 35.4 Å². The fourth-order valence-electron chi connectivity index (χ4n) is 8.48. The number of carboxylic acid groups (broad SMARTS) is 1. The largest absolute Gasteiger partial charge is 0.476 e. The average molecular weight is 959 g/mol. The highest BCUT2D eigenvalue weighted by atomic mass is 35.5. The minimum Gasteiger partial charge on any atom is -0.476 e. The van der Waals surface area contributed by atoms with Crippen LogP contribution in [-0.2, 0) is 44.9 Å². The van der Waals surface area contributed by atoms with E-state index in [1.807, 2.05) is 24.3 Å². The Morgan fingerprint density at radius 1 is 0.768 bits per heavy atom. The second-order valence-electron chi connectivity index (χ2n) is 17.6. The van der Waals surface area contributed by atoms with Gasteiger partial charge in [0, 0.05) is 31.0 Å². The number of ether oxygens (including phenoxy) is 2. The lowest BCUT2D eigenvalue weighted by Crippen LogP contribution is -2.39. The summed E-state index contributed by atoms with van der Waals surface area (Å²) in [6, 6.07) is 29.3. The lowest BCUT2D eigenvalue weighted by Gasteiger charge is -2.22. The van der Waals surface area contributed by atoms with E-state index in [1.165, 1.54) is 44.1 Å². The highest BCUT2D eigenvalue weighted by molar-refractivity contribution is 6.32. The van der Waals surface area contributed by atoms with Gasteiger partial charge in [-0.25, -0.2) is 14.9 Å². The SMILES string of the molecule is CCCCCCCCc1cccc(-c2ccc(C[C@@H](C[C@H](C)C(=O)OCC)NC(=O)CCC(=O)Oc3ccc(-c4ccc(Cn5c(CCCC)nc(Cl)c5C(=O)O)cc4)c(-c4nnn[nH]4)c3)cc2)c1.